The second kappa shape index (κ2) is 6.53. The first kappa shape index (κ1) is 16.2. The molecule has 0 unspecified atom stereocenters. The van der Waals surface area contributed by atoms with Crippen molar-refractivity contribution in [1.29, 1.82) is 0 Å². The Labute approximate surface area is 122 Å². The molecule has 5 heteroatoms. The van der Waals surface area contributed by atoms with Crippen LogP contribution in [0.5, 0.6) is 0 Å². The van der Waals surface area contributed by atoms with Gasteiger partial charge in [-0.25, -0.2) is 4.98 Å². The highest BCUT2D eigenvalue weighted by Gasteiger charge is 2.36. The van der Waals surface area contributed by atoms with E-state index in [4.69, 9.17) is 0 Å². The molecule has 2 heterocycles. The van der Waals surface area contributed by atoms with E-state index in [9.17, 15) is 0 Å². The van der Waals surface area contributed by atoms with Gasteiger partial charge in [-0.1, -0.05) is 13.8 Å². The number of rotatable bonds is 3. The van der Waals surface area contributed by atoms with Gasteiger partial charge in [0.15, 0.2) is 0 Å². The van der Waals surface area contributed by atoms with Crippen molar-refractivity contribution in [3.63, 3.8) is 0 Å². The van der Waals surface area contributed by atoms with E-state index in [-0.39, 0.29) is 12.4 Å². The molecule has 0 saturated carbocycles. The van der Waals surface area contributed by atoms with Gasteiger partial charge in [-0.3, -0.25) is 4.98 Å². The molecule has 0 bridgehead atoms. The van der Waals surface area contributed by atoms with Gasteiger partial charge in [-0.2, -0.15) is 0 Å². The standard InChI is InChI=1S/C14H24N4.ClH/c1-10(2)12-8-18(9-13(12)17(4)5)14-11(3)15-6-7-16-14;/h6-7,10,12-13H,8-9H2,1-5H3;1H/t12-,13+;/m1./s1. The number of aromatic nitrogens is 2. The van der Waals surface area contributed by atoms with E-state index < -0.39 is 0 Å². The minimum absolute atomic E-state index is 0. The van der Waals surface area contributed by atoms with E-state index >= 15 is 0 Å². The number of nitrogens with zero attached hydrogens (tertiary/aromatic N) is 4. The predicted octanol–water partition coefficient (Wildman–Crippen LogP) is 2.23. The molecule has 4 nitrogen and oxygen atoms in total. The van der Waals surface area contributed by atoms with E-state index in [1.807, 2.05) is 6.92 Å². The summed E-state index contributed by atoms with van der Waals surface area (Å²) >= 11 is 0. The molecule has 1 aromatic rings. The van der Waals surface area contributed by atoms with Crippen molar-refractivity contribution in [1.82, 2.24) is 14.9 Å². The van der Waals surface area contributed by atoms with Crippen LogP contribution in [0.3, 0.4) is 0 Å². The van der Waals surface area contributed by atoms with E-state index in [1.54, 1.807) is 12.4 Å². The first-order valence-corrected chi connectivity index (χ1v) is 6.69. The number of anilines is 1. The normalized spacial score (nSPS) is 23.0. The summed E-state index contributed by atoms with van der Waals surface area (Å²) in [5.41, 5.74) is 1.03. The zero-order valence-electron chi connectivity index (χ0n) is 12.5. The van der Waals surface area contributed by atoms with Crippen molar-refractivity contribution < 1.29 is 0 Å². The molecular formula is C14H25ClN4. The molecule has 2 atom stereocenters. The lowest BCUT2D eigenvalue weighted by Gasteiger charge is -2.27. The Morgan fingerprint density at radius 2 is 1.84 bits per heavy atom. The number of hydrogen-bond donors (Lipinski definition) is 0. The van der Waals surface area contributed by atoms with Gasteiger partial charge in [0.2, 0.25) is 0 Å². The quantitative estimate of drug-likeness (QED) is 0.852. The summed E-state index contributed by atoms with van der Waals surface area (Å²) in [7, 11) is 4.35. The molecule has 0 amide bonds. The highest BCUT2D eigenvalue weighted by atomic mass is 35.5. The van der Waals surface area contributed by atoms with Crippen molar-refractivity contribution in [2.45, 2.75) is 26.8 Å². The molecule has 1 saturated heterocycles. The average molecular weight is 285 g/mol. The van der Waals surface area contributed by atoms with Gasteiger partial charge in [0.25, 0.3) is 0 Å². The lowest BCUT2D eigenvalue weighted by molar-refractivity contribution is 0.216. The SMILES string of the molecule is Cc1nccnc1N1C[C@H](C(C)C)[C@@H](N(C)C)C1.Cl. The Morgan fingerprint density at radius 1 is 1.21 bits per heavy atom. The molecule has 1 aliphatic heterocycles. The molecule has 0 aromatic carbocycles. The van der Waals surface area contributed by atoms with Crippen molar-refractivity contribution >= 4 is 18.2 Å². The monoisotopic (exact) mass is 284 g/mol. The maximum Gasteiger partial charge on any atom is 0.150 e. The van der Waals surface area contributed by atoms with E-state index in [0.717, 1.165) is 24.6 Å². The first-order chi connectivity index (χ1) is 8.50. The highest BCUT2D eigenvalue weighted by Crippen LogP contribution is 2.30. The number of hydrogen-bond acceptors (Lipinski definition) is 4. The Balaban J connectivity index is 0.00000180. The summed E-state index contributed by atoms with van der Waals surface area (Å²) in [5, 5.41) is 0. The van der Waals surface area contributed by atoms with Crippen LogP contribution in [-0.2, 0) is 0 Å². The van der Waals surface area contributed by atoms with Crippen LogP contribution in [0.1, 0.15) is 19.5 Å². The third-order valence-electron chi connectivity index (χ3n) is 4.01. The van der Waals surface area contributed by atoms with E-state index in [2.05, 4.69) is 47.7 Å². The molecule has 2 rings (SSSR count). The molecular weight excluding hydrogens is 260 g/mol. The van der Waals surface area contributed by atoms with Gasteiger partial charge >= 0.3 is 0 Å². The Hall–Kier alpha value is -0.870. The van der Waals surface area contributed by atoms with E-state index in [1.165, 1.54) is 0 Å². The lowest BCUT2D eigenvalue weighted by atomic mass is 9.91. The molecule has 1 aromatic heterocycles. The van der Waals surface area contributed by atoms with Crippen LogP contribution < -0.4 is 4.90 Å². The van der Waals surface area contributed by atoms with Gasteiger partial charge in [-0.05, 0) is 32.9 Å². The smallest absolute Gasteiger partial charge is 0.150 e. The van der Waals surface area contributed by atoms with E-state index in [0.29, 0.717) is 17.9 Å². The average Bonchev–Trinajstić information content (AvgIpc) is 2.74. The minimum atomic E-state index is 0. The predicted molar refractivity (Wildman–Crippen MR) is 82.0 cm³/mol. The van der Waals surface area contributed by atoms with Crippen LogP contribution in [0.2, 0.25) is 0 Å². The molecule has 0 N–H and O–H groups in total. The molecule has 108 valence electrons. The van der Waals surface area contributed by atoms with Gasteiger partial charge in [0.05, 0.1) is 5.69 Å². The summed E-state index contributed by atoms with van der Waals surface area (Å²) in [6.07, 6.45) is 3.55. The van der Waals surface area contributed by atoms with Crippen LogP contribution in [-0.4, -0.2) is 48.1 Å². The molecule has 0 aliphatic carbocycles. The fourth-order valence-corrected chi connectivity index (χ4v) is 2.90. The Kier molecular flexibility index (Phi) is 5.56. The van der Waals surface area contributed by atoms with Crippen LogP contribution in [0.25, 0.3) is 0 Å². The van der Waals surface area contributed by atoms with Crippen LogP contribution in [0.15, 0.2) is 12.4 Å². The number of likely N-dealkylation sites (N-methyl/N-ethyl adjacent to an activating group) is 1. The summed E-state index contributed by atoms with van der Waals surface area (Å²) in [6.45, 7) is 8.80. The summed E-state index contributed by atoms with van der Waals surface area (Å²) < 4.78 is 0. The zero-order chi connectivity index (χ0) is 13.3. The zero-order valence-corrected chi connectivity index (χ0v) is 13.3. The third-order valence-corrected chi connectivity index (χ3v) is 4.01. The van der Waals surface area contributed by atoms with Crippen molar-refractivity contribution in [3.05, 3.63) is 18.1 Å². The third kappa shape index (κ3) is 3.37. The molecule has 1 aliphatic rings. The Morgan fingerprint density at radius 3 is 2.32 bits per heavy atom. The summed E-state index contributed by atoms with van der Waals surface area (Å²) in [4.78, 5) is 13.6. The second-order valence-corrected chi connectivity index (χ2v) is 5.81. The maximum atomic E-state index is 4.49. The van der Waals surface area contributed by atoms with Crippen molar-refractivity contribution in [2.75, 3.05) is 32.1 Å². The fraction of sp³-hybridized carbons (Fsp3) is 0.714. The highest BCUT2D eigenvalue weighted by molar-refractivity contribution is 5.85. The fourth-order valence-electron chi connectivity index (χ4n) is 2.90. The number of aryl methyl sites for hydroxylation is 1. The topological polar surface area (TPSA) is 32.3 Å². The van der Waals surface area contributed by atoms with Gasteiger partial charge in [0, 0.05) is 31.5 Å². The van der Waals surface area contributed by atoms with Gasteiger partial charge in [-0.15, -0.1) is 12.4 Å². The second-order valence-electron chi connectivity index (χ2n) is 5.81. The molecule has 0 spiro atoms. The van der Waals surface area contributed by atoms with Crippen LogP contribution in [0.4, 0.5) is 5.82 Å². The molecule has 19 heavy (non-hydrogen) atoms. The van der Waals surface area contributed by atoms with Crippen LogP contribution in [0, 0.1) is 18.8 Å². The van der Waals surface area contributed by atoms with Crippen molar-refractivity contribution in [3.8, 4) is 0 Å². The first-order valence-electron chi connectivity index (χ1n) is 6.69. The Bertz CT molecular complexity index is 392. The van der Waals surface area contributed by atoms with Gasteiger partial charge < -0.3 is 9.80 Å². The van der Waals surface area contributed by atoms with Crippen molar-refractivity contribution in [2.24, 2.45) is 11.8 Å². The largest absolute Gasteiger partial charge is 0.353 e. The molecule has 0 radical (unpaired) electrons. The van der Waals surface area contributed by atoms with Crippen LogP contribution >= 0.6 is 12.4 Å². The lowest BCUT2D eigenvalue weighted by Crippen LogP contribution is -2.37. The maximum absolute atomic E-state index is 4.49. The number of halogens is 1. The summed E-state index contributed by atoms with van der Waals surface area (Å²) in [5.74, 6) is 2.44. The minimum Gasteiger partial charge on any atom is -0.353 e. The molecule has 1 fully saturated rings. The summed E-state index contributed by atoms with van der Waals surface area (Å²) in [6, 6.07) is 0.603. The van der Waals surface area contributed by atoms with Gasteiger partial charge in [0.1, 0.15) is 5.82 Å².